The van der Waals surface area contributed by atoms with Crippen molar-refractivity contribution >= 4 is 34.8 Å². The summed E-state index contributed by atoms with van der Waals surface area (Å²) in [5.41, 5.74) is 2.85. The van der Waals surface area contributed by atoms with Gasteiger partial charge in [-0.3, -0.25) is 9.59 Å². The van der Waals surface area contributed by atoms with E-state index in [1.54, 1.807) is 24.3 Å². The molecule has 0 heterocycles. The van der Waals surface area contributed by atoms with Crippen LogP contribution in [0, 0.1) is 13.8 Å². The van der Waals surface area contributed by atoms with Crippen LogP contribution in [0.5, 0.6) is 0 Å². The highest BCUT2D eigenvalue weighted by atomic mass is 35.5. The molecule has 0 unspecified atom stereocenters. The highest BCUT2D eigenvalue weighted by Gasteiger charge is 2.16. The van der Waals surface area contributed by atoms with Gasteiger partial charge >= 0.3 is 11.8 Å². The van der Waals surface area contributed by atoms with Gasteiger partial charge in [-0.25, -0.2) is 0 Å². The number of nitrogens with one attached hydrogen (secondary N) is 2. The van der Waals surface area contributed by atoms with Gasteiger partial charge in [-0.1, -0.05) is 41.9 Å². The van der Waals surface area contributed by atoms with Crippen LogP contribution in [0.4, 0.5) is 11.4 Å². The Kier molecular flexibility index (Phi) is 4.60. The van der Waals surface area contributed by atoms with Crippen molar-refractivity contribution in [2.45, 2.75) is 13.8 Å². The van der Waals surface area contributed by atoms with Crippen LogP contribution >= 0.6 is 11.6 Å². The number of anilines is 2. The van der Waals surface area contributed by atoms with Gasteiger partial charge in [-0.05, 0) is 37.1 Å². The number of aryl methyl sites for hydroxylation is 2. The van der Waals surface area contributed by atoms with Crippen LogP contribution in [0.2, 0.25) is 5.02 Å². The summed E-state index contributed by atoms with van der Waals surface area (Å²) in [4.78, 5) is 23.9. The van der Waals surface area contributed by atoms with Gasteiger partial charge in [-0.2, -0.15) is 0 Å². The summed E-state index contributed by atoms with van der Waals surface area (Å²) in [7, 11) is 0. The number of benzene rings is 2. The maximum atomic E-state index is 12.0. The van der Waals surface area contributed by atoms with Crippen molar-refractivity contribution in [1.29, 1.82) is 0 Å². The Hall–Kier alpha value is -2.33. The van der Waals surface area contributed by atoms with Crippen molar-refractivity contribution < 1.29 is 9.59 Å². The van der Waals surface area contributed by atoms with Crippen LogP contribution < -0.4 is 10.6 Å². The number of hydrogen-bond acceptors (Lipinski definition) is 2. The number of carbonyl (C=O) groups excluding carboxylic acids is 2. The van der Waals surface area contributed by atoms with E-state index in [-0.39, 0.29) is 0 Å². The highest BCUT2D eigenvalue weighted by molar-refractivity contribution is 6.45. The fourth-order valence-corrected chi connectivity index (χ4v) is 2.11. The highest BCUT2D eigenvalue weighted by Crippen LogP contribution is 2.21. The second-order valence-electron chi connectivity index (χ2n) is 4.65. The Morgan fingerprint density at radius 2 is 1.43 bits per heavy atom. The third-order valence-electron chi connectivity index (χ3n) is 3.05. The zero-order valence-electron chi connectivity index (χ0n) is 11.7. The summed E-state index contributed by atoms with van der Waals surface area (Å²) in [5.74, 6) is -1.49. The minimum absolute atomic E-state index is 0.380. The molecule has 2 rings (SSSR count). The van der Waals surface area contributed by atoms with Crippen molar-refractivity contribution in [1.82, 2.24) is 0 Å². The molecule has 0 spiro atoms. The van der Waals surface area contributed by atoms with Crippen LogP contribution in [0.1, 0.15) is 11.1 Å². The monoisotopic (exact) mass is 302 g/mol. The van der Waals surface area contributed by atoms with Gasteiger partial charge in [0.05, 0.1) is 10.7 Å². The summed E-state index contributed by atoms with van der Waals surface area (Å²) in [6.45, 7) is 3.74. The number of halogens is 1. The minimum Gasteiger partial charge on any atom is -0.317 e. The molecule has 2 amide bonds. The average molecular weight is 303 g/mol. The van der Waals surface area contributed by atoms with Crippen LogP contribution in [0.3, 0.4) is 0 Å². The van der Waals surface area contributed by atoms with Crippen LogP contribution in [-0.4, -0.2) is 11.8 Å². The number of rotatable bonds is 2. The molecular formula is C16H15ClN2O2. The zero-order chi connectivity index (χ0) is 15.4. The van der Waals surface area contributed by atoms with Crippen molar-refractivity contribution in [3.63, 3.8) is 0 Å². The summed E-state index contributed by atoms with van der Waals surface area (Å²) >= 11 is 5.94. The molecule has 5 heteroatoms. The predicted molar refractivity (Wildman–Crippen MR) is 84.6 cm³/mol. The summed E-state index contributed by atoms with van der Waals surface area (Å²) < 4.78 is 0. The molecule has 2 aromatic rings. The molecule has 108 valence electrons. The number of amides is 2. The van der Waals surface area contributed by atoms with E-state index in [1.165, 1.54) is 0 Å². The van der Waals surface area contributed by atoms with Crippen LogP contribution in [-0.2, 0) is 9.59 Å². The molecule has 0 radical (unpaired) electrons. The van der Waals surface area contributed by atoms with E-state index in [9.17, 15) is 9.59 Å². The zero-order valence-corrected chi connectivity index (χ0v) is 12.5. The Labute approximate surface area is 128 Å². The molecule has 0 aromatic heterocycles. The molecule has 0 bridgehead atoms. The Morgan fingerprint density at radius 3 is 2.05 bits per heavy atom. The Morgan fingerprint density at radius 1 is 0.857 bits per heavy atom. The van der Waals surface area contributed by atoms with E-state index >= 15 is 0 Å². The van der Waals surface area contributed by atoms with Crippen molar-refractivity contribution in [2.24, 2.45) is 0 Å². The number of carbonyl (C=O) groups is 2. The maximum absolute atomic E-state index is 12.0. The number of para-hydroxylation sites is 2. The Balaban J connectivity index is 2.10. The fraction of sp³-hybridized carbons (Fsp3) is 0.125. The normalized spacial score (nSPS) is 10.0. The molecule has 0 aliphatic carbocycles. The van der Waals surface area contributed by atoms with E-state index in [4.69, 9.17) is 11.6 Å². The first-order valence-corrected chi connectivity index (χ1v) is 6.80. The fourth-order valence-electron chi connectivity index (χ4n) is 1.92. The maximum Gasteiger partial charge on any atom is 0.314 e. The van der Waals surface area contributed by atoms with Crippen molar-refractivity contribution in [2.75, 3.05) is 10.6 Å². The Bertz CT molecular complexity index is 678. The lowest BCUT2D eigenvalue weighted by molar-refractivity contribution is -0.133. The van der Waals surface area contributed by atoms with Gasteiger partial charge in [-0.15, -0.1) is 0 Å². The smallest absolute Gasteiger partial charge is 0.314 e. The molecule has 0 saturated heterocycles. The molecule has 2 N–H and O–H groups in total. The molecule has 0 aliphatic rings. The first-order chi connectivity index (χ1) is 9.99. The molecule has 4 nitrogen and oxygen atoms in total. The lowest BCUT2D eigenvalue weighted by Gasteiger charge is -2.11. The minimum atomic E-state index is -0.759. The van der Waals surface area contributed by atoms with Gasteiger partial charge in [0.1, 0.15) is 0 Å². The van der Waals surface area contributed by atoms with Gasteiger partial charge < -0.3 is 10.6 Å². The molecule has 2 aromatic carbocycles. The van der Waals surface area contributed by atoms with Gasteiger partial charge in [0.2, 0.25) is 0 Å². The van der Waals surface area contributed by atoms with Gasteiger partial charge in [0.25, 0.3) is 0 Å². The van der Waals surface area contributed by atoms with E-state index in [1.807, 2.05) is 32.0 Å². The largest absolute Gasteiger partial charge is 0.317 e. The molecule has 0 atom stereocenters. The summed E-state index contributed by atoms with van der Waals surface area (Å²) in [6.07, 6.45) is 0. The van der Waals surface area contributed by atoms with Crippen LogP contribution in [0.25, 0.3) is 0 Å². The van der Waals surface area contributed by atoms with E-state index in [2.05, 4.69) is 10.6 Å². The third kappa shape index (κ3) is 3.61. The van der Waals surface area contributed by atoms with E-state index < -0.39 is 11.8 Å². The quantitative estimate of drug-likeness (QED) is 0.834. The van der Waals surface area contributed by atoms with Gasteiger partial charge in [0.15, 0.2) is 0 Å². The first kappa shape index (κ1) is 15.1. The number of hydrogen-bond donors (Lipinski definition) is 2. The van der Waals surface area contributed by atoms with E-state index in [0.29, 0.717) is 16.4 Å². The summed E-state index contributed by atoms with van der Waals surface area (Å²) in [5, 5.41) is 5.49. The second-order valence-corrected chi connectivity index (χ2v) is 5.06. The van der Waals surface area contributed by atoms with Crippen LogP contribution in [0.15, 0.2) is 42.5 Å². The first-order valence-electron chi connectivity index (χ1n) is 6.42. The second kappa shape index (κ2) is 6.41. The SMILES string of the molecule is Cc1cccc(C)c1NC(=O)C(=O)Nc1ccccc1Cl. The lowest BCUT2D eigenvalue weighted by atomic mass is 10.1. The third-order valence-corrected chi connectivity index (χ3v) is 3.38. The van der Waals surface area contributed by atoms with Crippen molar-refractivity contribution in [3.05, 3.63) is 58.6 Å². The average Bonchev–Trinajstić information content (AvgIpc) is 2.45. The molecular weight excluding hydrogens is 288 g/mol. The van der Waals surface area contributed by atoms with E-state index in [0.717, 1.165) is 11.1 Å². The predicted octanol–water partition coefficient (Wildman–Crippen LogP) is 3.53. The molecule has 0 fully saturated rings. The standard InChI is InChI=1S/C16H15ClN2O2/c1-10-6-5-7-11(2)14(10)19-16(21)15(20)18-13-9-4-3-8-12(13)17/h3-9H,1-2H3,(H,18,20)(H,19,21). The summed E-state index contributed by atoms with van der Waals surface area (Å²) in [6, 6.07) is 12.4. The molecule has 21 heavy (non-hydrogen) atoms. The topological polar surface area (TPSA) is 58.2 Å². The van der Waals surface area contributed by atoms with Gasteiger partial charge in [0, 0.05) is 5.69 Å². The molecule has 0 aliphatic heterocycles. The lowest BCUT2D eigenvalue weighted by Crippen LogP contribution is -2.29. The van der Waals surface area contributed by atoms with Crippen molar-refractivity contribution in [3.8, 4) is 0 Å². The molecule has 0 saturated carbocycles.